The van der Waals surface area contributed by atoms with Crippen LogP contribution in [-0.2, 0) is 6.18 Å². The van der Waals surface area contributed by atoms with E-state index in [-0.39, 0.29) is 0 Å². The molecule has 0 N–H and O–H groups in total. The highest BCUT2D eigenvalue weighted by Gasteiger charge is 2.32. The Labute approximate surface area is 133 Å². The highest BCUT2D eigenvalue weighted by Crippen LogP contribution is 2.31. The number of anilines is 3. The maximum absolute atomic E-state index is 12.6. The number of hydrogen-bond donors (Lipinski definition) is 0. The van der Waals surface area contributed by atoms with Crippen LogP contribution in [0.3, 0.4) is 0 Å². The third-order valence-electron chi connectivity index (χ3n) is 4.11. The van der Waals surface area contributed by atoms with E-state index in [4.69, 9.17) is 0 Å². The molecule has 0 saturated carbocycles. The van der Waals surface area contributed by atoms with E-state index in [9.17, 15) is 13.2 Å². The van der Waals surface area contributed by atoms with Gasteiger partial charge in [0.1, 0.15) is 5.69 Å². The molecule has 3 rings (SSSR count). The minimum absolute atomic E-state index is 0.622. The second-order valence-electron chi connectivity index (χ2n) is 5.67. The monoisotopic (exact) mass is 321 g/mol. The van der Waals surface area contributed by atoms with Gasteiger partial charge in [-0.25, -0.2) is 4.98 Å². The van der Waals surface area contributed by atoms with Crippen LogP contribution in [-0.4, -0.2) is 25.1 Å². The van der Waals surface area contributed by atoms with E-state index in [0.29, 0.717) is 5.69 Å². The van der Waals surface area contributed by atoms with Crippen LogP contribution in [0.1, 0.15) is 18.5 Å². The highest BCUT2D eigenvalue weighted by atomic mass is 19.4. The molecule has 2 heterocycles. The number of benzene rings is 1. The van der Waals surface area contributed by atoms with E-state index in [1.807, 2.05) is 24.1 Å². The minimum Gasteiger partial charge on any atom is -0.371 e. The molecule has 1 saturated heterocycles. The Kier molecular flexibility index (Phi) is 4.15. The van der Waals surface area contributed by atoms with Crippen LogP contribution in [0.5, 0.6) is 0 Å². The molecular weight excluding hydrogens is 303 g/mol. The molecule has 1 aliphatic heterocycles. The molecule has 122 valence electrons. The molecule has 1 aliphatic rings. The zero-order chi connectivity index (χ0) is 16.4. The van der Waals surface area contributed by atoms with Gasteiger partial charge in [0, 0.05) is 31.5 Å². The van der Waals surface area contributed by atoms with E-state index in [0.717, 1.165) is 30.5 Å². The maximum Gasteiger partial charge on any atom is 0.433 e. The van der Waals surface area contributed by atoms with E-state index in [2.05, 4.69) is 22.0 Å². The van der Waals surface area contributed by atoms with Gasteiger partial charge in [-0.15, -0.1) is 0 Å². The lowest BCUT2D eigenvalue weighted by Gasteiger charge is -2.23. The molecule has 0 spiro atoms. The summed E-state index contributed by atoms with van der Waals surface area (Å²) in [6.45, 7) is 2.10. The fourth-order valence-electron chi connectivity index (χ4n) is 2.77. The molecule has 0 aliphatic carbocycles. The quantitative estimate of drug-likeness (QED) is 0.831. The van der Waals surface area contributed by atoms with Gasteiger partial charge in [-0.05, 0) is 43.2 Å². The molecule has 1 aromatic heterocycles. The Morgan fingerprint density at radius 2 is 1.78 bits per heavy atom. The van der Waals surface area contributed by atoms with E-state index in [1.54, 1.807) is 0 Å². The second kappa shape index (κ2) is 6.10. The van der Waals surface area contributed by atoms with Gasteiger partial charge in [0.05, 0.1) is 11.9 Å². The summed E-state index contributed by atoms with van der Waals surface area (Å²) in [7, 11) is 1.83. The molecule has 0 unspecified atom stereocenters. The van der Waals surface area contributed by atoms with Crippen molar-refractivity contribution in [2.24, 2.45) is 0 Å². The fraction of sp³-hybridized carbons (Fsp3) is 0.353. The first-order valence-corrected chi connectivity index (χ1v) is 7.57. The summed E-state index contributed by atoms with van der Waals surface area (Å²) in [5.41, 5.74) is 1.82. The molecule has 3 nitrogen and oxygen atoms in total. The van der Waals surface area contributed by atoms with Crippen LogP contribution < -0.4 is 9.80 Å². The predicted octanol–water partition coefficient (Wildman–Crippen LogP) is 4.47. The zero-order valence-corrected chi connectivity index (χ0v) is 12.8. The molecule has 0 radical (unpaired) electrons. The maximum atomic E-state index is 12.6. The summed E-state index contributed by atoms with van der Waals surface area (Å²) >= 11 is 0. The Balaban J connectivity index is 1.82. The van der Waals surface area contributed by atoms with Crippen LogP contribution in [0.15, 0.2) is 42.6 Å². The number of halogens is 3. The van der Waals surface area contributed by atoms with Crippen molar-refractivity contribution in [3.8, 4) is 0 Å². The number of rotatable bonds is 3. The highest BCUT2D eigenvalue weighted by molar-refractivity contribution is 5.67. The number of hydrogen-bond acceptors (Lipinski definition) is 3. The van der Waals surface area contributed by atoms with E-state index in [1.165, 1.54) is 25.1 Å². The first-order chi connectivity index (χ1) is 10.9. The summed E-state index contributed by atoms with van der Waals surface area (Å²) < 4.78 is 37.8. The van der Waals surface area contributed by atoms with Crippen LogP contribution in [0, 0.1) is 0 Å². The predicted molar refractivity (Wildman–Crippen MR) is 85.2 cm³/mol. The van der Waals surface area contributed by atoms with Gasteiger partial charge < -0.3 is 9.80 Å². The van der Waals surface area contributed by atoms with Gasteiger partial charge in [-0.3, -0.25) is 0 Å². The summed E-state index contributed by atoms with van der Waals surface area (Å²) in [5, 5.41) is 0. The first-order valence-electron chi connectivity index (χ1n) is 7.57. The van der Waals surface area contributed by atoms with Gasteiger partial charge in [0.2, 0.25) is 0 Å². The SMILES string of the molecule is CN(c1ccc(C(F)(F)F)nc1)c1cccc(N2CCCC2)c1. The Morgan fingerprint density at radius 3 is 2.39 bits per heavy atom. The third kappa shape index (κ3) is 3.41. The normalized spacial score (nSPS) is 15.0. The summed E-state index contributed by atoms with van der Waals surface area (Å²) in [4.78, 5) is 7.68. The average Bonchev–Trinajstić information content (AvgIpc) is 3.08. The van der Waals surface area contributed by atoms with Crippen molar-refractivity contribution in [3.05, 3.63) is 48.3 Å². The topological polar surface area (TPSA) is 19.4 Å². The van der Waals surface area contributed by atoms with Gasteiger partial charge in [0.15, 0.2) is 0 Å². The zero-order valence-electron chi connectivity index (χ0n) is 12.8. The standard InChI is InChI=1S/C17H18F3N3/c1-22(15-7-8-16(21-12-15)17(18,19)20)13-5-4-6-14(11-13)23-9-2-3-10-23/h4-8,11-12H,2-3,9-10H2,1H3. The number of alkyl halides is 3. The number of nitrogens with zero attached hydrogens (tertiary/aromatic N) is 3. The molecule has 2 aromatic rings. The summed E-state index contributed by atoms with van der Waals surface area (Å²) in [6, 6.07) is 10.5. The fourth-order valence-corrected chi connectivity index (χ4v) is 2.77. The van der Waals surface area contributed by atoms with Gasteiger partial charge in [0.25, 0.3) is 0 Å². The lowest BCUT2D eigenvalue weighted by Crippen LogP contribution is -2.18. The van der Waals surface area contributed by atoms with Crippen molar-refractivity contribution < 1.29 is 13.2 Å². The molecule has 0 atom stereocenters. The van der Waals surface area contributed by atoms with Crippen molar-refractivity contribution in [3.63, 3.8) is 0 Å². The van der Waals surface area contributed by atoms with Gasteiger partial charge in [-0.2, -0.15) is 13.2 Å². The lowest BCUT2D eigenvalue weighted by atomic mass is 10.2. The minimum atomic E-state index is -4.41. The smallest absolute Gasteiger partial charge is 0.371 e. The molecule has 0 bridgehead atoms. The summed E-state index contributed by atoms with van der Waals surface area (Å²) in [6.07, 6.45) is -0.760. The van der Waals surface area contributed by atoms with Crippen LogP contribution >= 0.6 is 0 Å². The van der Waals surface area contributed by atoms with E-state index < -0.39 is 11.9 Å². The van der Waals surface area contributed by atoms with Gasteiger partial charge in [-0.1, -0.05) is 6.07 Å². The lowest BCUT2D eigenvalue weighted by molar-refractivity contribution is -0.141. The van der Waals surface area contributed by atoms with Crippen LogP contribution in [0.4, 0.5) is 30.2 Å². The molecule has 23 heavy (non-hydrogen) atoms. The van der Waals surface area contributed by atoms with Crippen molar-refractivity contribution in [2.45, 2.75) is 19.0 Å². The van der Waals surface area contributed by atoms with E-state index >= 15 is 0 Å². The Morgan fingerprint density at radius 1 is 1.04 bits per heavy atom. The average molecular weight is 321 g/mol. The van der Waals surface area contributed by atoms with Crippen LogP contribution in [0.2, 0.25) is 0 Å². The Bertz CT molecular complexity index is 662. The Hall–Kier alpha value is -2.24. The van der Waals surface area contributed by atoms with Crippen molar-refractivity contribution in [1.29, 1.82) is 0 Å². The third-order valence-corrected chi connectivity index (χ3v) is 4.11. The van der Waals surface area contributed by atoms with Crippen molar-refractivity contribution in [1.82, 2.24) is 4.98 Å². The van der Waals surface area contributed by atoms with Gasteiger partial charge >= 0.3 is 6.18 Å². The van der Waals surface area contributed by atoms with Crippen molar-refractivity contribution in [2.75, 3.05) is 29.9 Å². The summed E-state index contributed by atoms with van der Waals surface area (Å²) in [5.74, 6) is 0. The van der Waals surface area contributed by atoms with Crippen molar-refractivity contribution >= 4 is 17.1 Å². The van der Waals surface area contributed by atoms with Crippen LogP contribution in [0.25, 0.3) is 0 Å². The first kappa shape index (κ1) is 15.6. The molecular formula is C17H18F3N3. The second-order valence-corrected chi connectivity index (χ2v) is 5.67. The molecule has 1 aromatic carbocycles. The molecule has 1 fully saturated rings. The molecule has 0 amide bonds. The largest absolute Gasteiger partial charge is 0.433 e. The molecule has 6 heteroatoms. The number of aromatic nitrogens is 1. The number of pyridine rings is 1.